The number of carbonyl (C=O) groups excluding carboxylic acids is 1. The number of methoxy groups -OCH3 is 1. The monoisotopic (exact) mass is 399 g/mol. The van der Waals surface area contributed by atoms with Crippen molar-refractivity contribution in [1.29, 1.82) is 0 Å². The topological polar surface area (TPSA) is 38.3 Å². The highest BCUT2D eigenvalue weighted by Crippen LogP contribution is 2.41. The molecule has 0 atom stereocenters. The van der Waals surface area contributed by atoms with Crippen molar-refractivity contribution in [3.8, 4) is 5.75 Å². The number of hydrogen-bond acceptors (Lipinski definition) is 2. The minimum Gasteiger partial charge on any atom is -0.496 e. The van der Waals surface area contributed by atoms with Crippen LogP contribution in [0.3, 0.4) is 0 Å². The predicted molar refractivity (Wildman–Crippen MR) is 119 cm³/mol. The summed E-state index contributed by atoms with van der Waals surface area (Å²) in [5.41, 5.74) is 4.12. The van der Waals surface area contributed by atoms with Crippen LogP contribution in [0.25, 0.3) is 5.83 Å². The van der Waals surface area contributed by atoms with Gasteiger partial charge < -0.3 is 10.1 Å². The molecule has 4 heteroatoms. The van der Waals surface area contributed by atoms with Crippen LogP contribution < -0.4 is 10.1 Å². The summed E-state index contributed by atoms with van der Waals surface area (Å²) in [6, 6.07) is 4.85. The zero-order valence-electron chi connectivity index (χ0n) is 18.8. The second-order valence-corrected chi connectivity index (χ2v) is 8.80. The lowest BCUT2D eigenvalue weighted by molar-refractivity contribution is 0.0942. The SMILES string of the molecule is COc1cc(C(=O)NC(C)C)ccc1/C(F)=C(C)/C=C/C1=C(C)CCCC1(C)C. The van der Waals surface area contributed by atoms with Gasteiger partial charge in [-0.05, 0) is 81.7 Å². The maximum Gasteiger partial charge on any atom is 0.251 e. The molecule has 1 N–H and O–H groups in total. The molecule has 2 rings (SSSR count). The van der Waals surface area contributed by atoms with Crippen LogP contribution in [0.1, 0.15) is 76.7 Å². The maximum atomic E-state index is 15.2. The Balaban J connectivity index is 2.35. The first-order chi connectivity index (χ1) is 13.6. The van der Waals surface area contributed by atoms with Crippen molar-refractivity contribution in [3.63, 3.8) is 0 Å². The number of benzene rings is 1. The molecule has 0 saturated heterocycles. The van der Waals surface area contributed by atoms with Gasteiger partial charge >= 0.3 is 0 Å². The van der Waals surface area contributed by atoms with Crippen LogP contribution in [0, 0.1) is 5.41 Å². The van der Waals surface area contributed by atoms with E-state index in [0.717, 1.165) is 12.8 Å². The van der Waals surface area contributed by atoms with Crippen LogP contribution in [0.4, 0.5) is 4.39 Å². The molecule has 1 aliphatic rings. The highest BCUT2D eigenvalue weighted by Gasteiger charge is 2.26. The first-order valence-corrected chi connectivity index (χ1v) is 10.3. The van der Waals surface area contributed by atoms with Crippen LogP contribution in [-0.4, -0.2) is 19.1 Å². The van der Waals surface area contributed by atoms with Gasteiger partial charge in [0.25, 0.3) is 5.91 Å². The van der Waals surface area contributed by atoms with Crippen LogP contribution in [-0.2, 0) is 0 Å². The lowest BCUT2D eigenvalue weighted by atomic mass is 9.72. The van der Waals surface area contributed by atoms with Gasteiger partial charge in [-0.3, -0.25) is 4.79 Å². The van der Waals surface area contributed by atoms with Crippen molar-refractivity contribution >= 4 is 11.7 Å². The van der Waals surface area contributed by atoms with Crippen molar-refractivity contribution < 1.29 is 13.9 Å². The molecule has 0 radical (unpaired) electrons. The van der Waals surface area contributed by atoms with Crippen molar-refractivity contribution in [2.75, 3.05) is 7.11 Å². The minimum atomic E-state index is -0.346. The van der Waals surface area contributed by atoms with E-state index in [2.05, 4.69) is 32.2 Å². The Labute approximate surface area is 174 Å². The van der Waals surface area contributed by atoms with E-state index in [-0.39, 0.29) is 23.2 Å². The largest absolute Gasteiger partial charge is 0.496 e. The molecule has 0 aliphatic heterocycles. The van der Waals surface area contributed by atoms with Crippen molar-refractivity contribution in [2.24, 2.45) is 5.41 Å². The average Bonchev–Trinajstić information content (AvgIpc) is 2.65. The molecule has 3 nitrogen and oxygen atoms in total. The standard InChI is InChI=1S/C25H34FNO2/c1-16(2)27-24(28)19-11-12-20(22(15-19)29-7)23(26)18(4)10-13-21-17(3)9-8-14-25(21,5)6/h10-13,15-16H,8-9,14H2,1-7H3,(H,27,28)/b13-10+,23-18-. The van der Waals surface area contributed by atoms with E-state index < -0.39 is 0 Å². The summed E-state index contributed by atoms with van der Waals surface area (Å²) >= 11 is 0. The Morgan fingerprint density at radius 2 is 2.00 bits per heavy atom. The molecule has 0 heterocycles. The number of halogens is 1. The fourth-order valence-corrected chi connectivity index (χ4v) is 3.86. The fraction of sp³-hybridized carbons (Fsp3) is 0.480. The van der Waals surface area contributed by atoms with Crippen LogP contribution >= 0.6 is 0 Å². The predicted octanol–water partition coefficient (Wildman–Crippen LogP) is 6.62. The molecule has 29 heavy (non-hydrogen) atoms. The summed E-state index contributed by atoms with van der Waals surface area (Å²) in [6.45, 7) is 12.2. The zero-order chi connectivity index (χ0) is 21.8. The van der Waals surface area contributed by atoms with E-state index in [4.69, 9.17) is 4.74 Å². The number of rotatable bonds is 6. The summed E-state index contributed by atoms with van der Waals surface area (Å²) in [7, 11) is 1.49. The number of amides is 1. The van der Waals surface area contributed by atoms with Gasteiger partial charge in [0.15, 0.2) is 0 Å². The van der Waals surface area contributed by atoms with Crippen LogP contribution in [0.2, 0.25) is 0 Å². The number of allylic oxidation sites excluding steroid dienone is 5. The van der Waals surface area contributed by atoms with Gasteiger partial charge in [-0.25, -0.2) is 4.39 Å². The summed E-state index contributed by atoms with van der Waals surface area (Å²) < 4.78 is 20.6. The Kier molecular flexibility index (Phi) is 7.45. The Morgan fingerprint density at radius 1 is 1.31 bits per heavy atom. The van der Waals surface area contributed by atoms with Gasteiger partial charge in [0.05, 0.1) is 12.7 Å². The molecule has 0 spiro atoms. The van der Waals surface area contributed by atoms with Gasteiger partial charge in [0, 0.05) is 11.6 Å². The molecule has 158 valence electrons. The third-order valence-electron chi connectivity index (χ3n) is 5.51. The first-order valence-electron chi connectivity index (χ1n) is 10.3. The Bertz CT molecular complexity index is 860. The zero-order valence-corrected chi connectivity index (χ0v) is 18.8. The number of ether oxygens (including phenoxy) is 1. The fourth-order valence-electron chi connectivity index (χ4n) is 3.86. The lowest BCUT2D eigenvalue weighted by Crippen LogP contribution is -2.30. The third-order valence-corrected chi connectivity index (χ3v) is 5.51. The highest BCUT2D eigenvalue weighted by atomic mass is 19.1. The van der Waals surface area contributed by atoms with E-state index in [1.807, 2.05) is 19.9 Å². The van der Waals surface area contributed by atoms with E-state index >= 15 is 4.39 Å². The second kappa shape index (κ2) is 9.43. The second-order valence-electron chi connectivity index (χ2n) is 8.80. The van der Waals surface area contributed by atoms with E-state index in [1.165, 1.54) is 24.7 Å². The summed E-state index contributed by atoms with van der Waals surface area (Å²) in [5, 5.41) is 2.83. The quantitative estimate of drug-likeness (QED) is 0.546. The maximum absolute atomic E-state index is 15.2. The van der Waals surface area contributed by atoms with Gasteiger partial charge in [-0.2, -0.15) is 0 Å². The highest BCUT2D eigenvalue weighted by molar-refractivity contribution is 5.95. The van der Waals surface area contributed by atoms with Gasteiger partial charge in [0.1, 0.15) is 11.6 Å². The third kappa shape index (κ3) is 5.59. The van der Waals surface area contributed by atoms with E-state index in [9.17, 15) is 4.79 Å². The van der Waals surface area contributed by atoms with E-state index in [1.54, 1.807) is 25.1 Å². The van der Waals surface area contributed by atoms with E-state index in [0.29, 0.717) is 22.4 Å². The van der Waals surface area contributed by atoms with Gasteiger partial charge in [0.2, 0.25) is 0 Å². The van der Waals surface area contributed by atoms with Gasteiger partial charge in [-0.15, -0.1) is 0 Å². The molecular formula is C25H34FNO2. The van der Waals surface area contributed by atoms with Gasteiger partial charge in [-0.1, -0.05) is 31.6 Å². The summed E-state index contributed by atoms with van der Waals surface area (Å²) in [6.07, 6.45) is 7.35. The Morgan fingerprint density at radius 3 is 2.59 bits per heavy atom. The molecule has 1 aromatic rings. The summed E-state index contributed by atoms with van der Waals surface area (Å²) in [4.78, 5) is 12.2. The number of nitrogens with one attached hydrogen (secondary N) is 1. The molecule has 0 saturated carbocycles. The molecular weight excluding hydrogens is 365 g/mol. The number of hydrogen-bond donors (Lipinski definition) is 1. The molecule has 0 fully saturated rings. The van der Waals surface area contributed by atoms with Crippen LogP contribution in [0.15, 0.2) is 47.1 Å². The Hall–Kier alpha value is -2.36. The molecule has 0 bridgehead atoms. The normalized spacial score (nSPS) is 17.6. The molecule has 0 aromatic heterocycles. The summed E-state index contributed by atoms with van der Waals surface area (Å²) in [5.74, 6) is -0.200. The molecule has 0 unspecified atom stereocenters. The number of carbonyl (C=O) groups is 1. The first kappa shape index (κ1) is 22.9. The smallest absolute Gasteiger partial charge is 0.251 e. The van der Waals surface area contributed by atoms with Crippen molar-refractivity contribution in [1.82, 2.24) is 5.32 Å². The van der Waals surface area contributed by atoms with Crippen molar-refractivity contribution in [3.05, 3.63) is 58.2 Å². The average molecular weight is 400 g/mol. The van der Waals surface area contributed by atoms with Crippen LogP contribution in [0.5, 0.6) is 5.75 Å². The minimum absolute atomic E-state index is 0.0268. The lowest BCUT2D eigenvalue weighted by Gasteiger charge is -2.33. The molecule has 1 aliphatic carbocycles. The molecule has 1 amide bonds. The molecule has 1 aromatic carbocycles. The van der Waals surface area contributed by atoms with Crippen molar-refractivity contribution in [2.45, 2.75) is 66.8 Å².